The summed E-state index contributed by atoms with van der Waals surface area (Å²) < 4.78 is 0. The van der Waals surface area contributed by atoms with Crippen molar-refractivity contribution in [1.82, 2.24) is 0 Å². The number of aliphatic hydroxyl groups excluding tert-OH is 1. The zero-order valence-corrected chi connectivity index (χ0v) is 21.2. The Hall–Kier alpha value is -0.300. The maximum atomic E-state index is 10.2. The van der Waals surface area contributed by atoms with Gasteiger partial charge in [-0.05, 0) is 98.2 Å². The molecule has 7 atom stereocenters. The van der Waals surface area contributed by atoms with E-state index < -0.39 is 0 Å². The third-order valence-electron chi connectivity index (χ3n) is 9.86. The van der Waals surface area contributed by atoms with Crippen LogP contribution in [0.1, 0.15) is 125 Å². The molecule has 4 aliphatic carbocycles. The molecule has 1 nitrogen and oxygen atoms in total. The van der Waals surface area contributed by atoms with Crippen LogP contribution in [0.2, 0.25) is 0 Å². The highest BCUT2D eigenvalue weighted by atomic mass is 16.3. The molecule has 0 bridgehead atoms. The summed E-state index contributed by atoms with van der Waals surface area (Å²) in [7, 11) is 0. The molecule has 0 heterocycles. The SMILES string of the molecule is CC(C)CCCC[C@H]1CCC2C3CC=C4CC(O)CCC4(C)C3CCC21C.CCC. The fraction of sp³-hybridized carbons (Fsp3) is 0.931. The molecule has 3 fully saturated rings. The Morgan fingerprint density at radius 3 is 2.43 bits per heavy atom. The summed E-state index contributed by atoms with van der Waals surface area (Å²) >= 11 is 0. The van der Waals surface area contributed by atoms with Gasteiger partial charge < -0.3 is 5.11 Å². The molecule has 0 aliphatic heterocycles. The van der Waals surface area contributed by atoms with E-state index in [0.29, 0.717) is 10.8 Å². The van der Waals surface area contributed by atoms with Gasteiger partial charge in [0, 0.05) is 0 Å². The summed E-state index contributed by atoms with van der Waals surface area (Å²) in [4.78, 5) is 0. The predicted molar refractivity (Wildman–Crippen MR) is 130 cm³/mol. The zero-order chi connectivity index (χ0) is 21.9. The Kier molecular flexibility index (Phi) is 8.19. The molecular weight excluding hydrogens is 364 g/mol. The molecule has 6 unspecified atom stereocenters. The summed E-state index contributed by atoms with van der Waals surface area (Å²) in [5.41, 5.74) is 2.64. The van der Waals surface area contributed by atoms with Crippen molar-refractivity contribution in [3.8, 4) is 0 Å². The van der Waals surface area contributed by atoms with E-state index in [-0.39, 0.29) is 6.10 Å². The van der Waals surface area contributed by atoms with Gasteiger partial charge in [0.05, 0.1) is 6.10 Å². The number of aliphatic hydroxyl groups is 1. The Morgan fingerprint density at radius 1 is 1.00 bits per heavy atom. The van der Waals surface area contributed by atoms with Crippen LogP contribution in [0.15, 0.2) is 11.6 Å². The summed E-state index contributed by atoms with van der Waals surface area (Å²) in [5.74, 6) is 4.64. The topological polar surface area (TPSA) is 20.2 Å². The van der Waals surface area contributed by atoms with Crippen molar-refractivity contribution < 1.29 is 5.11 Å². The quantitative estimate of drug-likeness (QED) is 0.351. The van der Waals surface area contributed by atoms with Gasteiger partial charge in [0.1, 0.15) is 0 Å². The van der Waals surface area contributed by atoms with Crippen LogP contribution in [0.4, 0.5) is 0 Å². The number of allylic oxidation sites excluding steroid dienone is 1. The highest BCUT2D eigenvalue weighted by Gasteiger charge is 2.58. The lowest BCUT2D eigenvalue weighted by Gasteiger charge is -2.58. The molecule has 1 heteroatoms. The second kappa shape index (κ2) is 10.1. The lowest BCUT2D eigenvalue weighted by atomic mass is 9.47. The number of unbranched alkanes of at least 4 members (excludes halogenated alkanes) is 1. The van der Waals surface area contributed by atoms with Crippen LogP contribution in [0.3, 0.4) is 0 Å². The summed E-state index contributed by atoms with van der Waals surface area (Å²) in [6.45, 7) is 14.2. The van der Waals surface area contributed by atoms with Crippen LogP contribution in [-0.2, 0) is 0 Å². The monoisotopic (exact) mass is 416 g/mol. The summed E-state index contributed by atoms with van der Waals surface area (Å²) in [6, 6.07) is 0. The fourth-order valence-corrected chi connectivity index (χ4v) is 8.17. The molecule has 174 valence electrons. The molecule has 0 radical (unpaired) electrons. The van der Waals surface area contributed by atoms with Crippen molar-refractivity contribution in [2.75, 3.05) is 0 Å². The molecule has 0 spiro atoms. The molecular formula is C29H52O. The minimum atomic E-state index is -0.0727. The van der Waals surface area contributed by atoms with Crippen molar-refractivity contribution in [2.45, 2.75) is 131 Å². The maximum Gasteiger partial charge on any atom is 0.0577 e. The molecule has 0 saturated heterocycles. The van der Waals surface area contributed by atoms with E-state index in [1.165, 1.54) is 70.6 Å². The minimum Gasteiger partial charge on any atom is -0.393 e. The van der Waals surface area contributed by atoms with Crippen LogP contribution in [0.5, 0.6) is 0 Å². The first-order chi connectivity index (χ1) is 14.3. The average Bonchev–Trinajstić information content (AvgIpc) is 3.03. The van der Waals surface area contributed by atoms with Gasteiger partial charge in [-0.3, -0.25) is 0 Å². The lowest BCUT2D eigenvalue weighted by Crippen LogP contribution is -2.50. The number of hydrogen-bond donors (Lipinski definition) is 1. The van der Waals surface area contributed by atoms with Gasteiger partial charge in [-0.2, -0.15) is 0 Å². The van der Waals surface area contributed by atoms with Crippen LogP contribution in [-0.4, -0.2) is 11.2 Å². The highest BCUT2D eigenvalue weighted by molar-refractivity contribution is 5.25. The van der Waals surface area contributed by atoms with Crippen LogP contribution in [0, 0.1) is 40.4 Å². The lowest BCUT2D eigenvalue weighted by molar-refractivity contribution is -0.0508. The standard InChI is InChI=1S/C26H44O.C3H8/c1-18(2)7-5-6-8-19-10-12-23-22-11-9-20-17-21(27)13-15-26(20,4)24(22)14-16-25(19,23)3;1-3-2/h9,18-19,21-24,27H,5-8,10-17H2,1-4H3;3H2,1-2H3/t19-,21?,22?,23?,24?,25?,26?;/m0./s1. The Labute approximate surface area is 188 Å². The Morgan fingerprint density at radius 2 is 1.73 bits per heavy atom. The summed E-state index contributed by atoms with van der Waals surface area (Å²) in [6.07, 6.45) is 20.0. The first-order valence-electron chi connectivity index (χ1n) is 13.6. The van der Waals surface area contributed by atoms with Crippen molar-refractivity contribution in [2.24, 2.45) is 40.4 Å². The normalized spacial score (nSPS) is 42.5. The van der Waals surface area contributed by atoms with Gasteiger partial charge in [-0.25, -0.2) is 0 Å². The third-order valence-corrected chi connectivity index (χ3v) is 9.86. The molecule has 4 aliphatic rings. The van der Waals surface area contributed by atoms with E-state index in [0.717, 1.165) is 42.4 Å². The first kappa shape index (κ1) is 24.3. The second-order valence-electron chi connectivity index (χ2n) is 12.4. The molecule has 4 rings (SSSR count). The average molecular weight is 417 g/mol. The van der Waals surface area contributed by atoms with Crippen molar-refractivity contribution in [1.29, 1.82) is 0 Å². The summed E-state index contributed by atoms with van der Waals surface area (Å²) in [5, 5.41) is 10.2. The van der Waals surface area contributed by atoms with E-state index in [9.17, 15) is 5.11 Å². The molecule has 3 saturated carbocycles. The van der Waals surface area contributed by atoms with Gasteiger partial charge in [-0.1, -0.05) is 78.9 Å². The van der Waals surface area contributed by atoms with Crippen molar-refractivity contribution >= 4 is 0 Å². The fourth-order valence-electron chi connectivity index (χ4n) is 8.17. The van der Waals surface area contributed by atoms with Gasteiger partial charge in [-0.15, -0.1) is 0 Å². The van der Waals surface area contributed by atoms with E-state index in [1.807, 2.05) is 0 Å². The Balaban J connectivity index is 0.000000806. The van der Waals surface area contributed by atoms with Crippen molar-refractivity contribution in [3.05, 3.63) is 11.6 Å². The maximum absolute atomic E-state index is 10.2. The van der Waals surface area contributed by atoms with Crippen LogP contribution < -0.4 is 0 Å². The van der Waals surface area contributed by atoms with Crippen molar-refractivity contribution in [3.63, 3.8) is 0 Å². The van der Waals surface area contributed by atoms with Gasteiger partial charge >= 0.3 is 0 Å². The van der Waals surface area contributed by atoms with Crippen LogP contribution >= 0.6 is 0 Å². The minimum absolute atomic E-state index is 0.0727. The van der Waals surface area contributed by atoms with E-state index >= 15 is 0 Å². The predicted octanol–water partition coefficient (Wildman–Crippen LogP) is 8.56. The number of hydrogen-bond acceptors (Lipinski definition) is 1. The van der Waals surface area contributed by atoms with E-state index in [2.05, 4.69) is 47.6 Å². The zero-order valence-electron chi connectivity index (χ0n) is 21.2. The Bertz CT molecular complexity index is 577. The molecule has 0 aromatic carbocycles. The van der Waals surface area contributed by atoms with Gasteiger partial charge in [0.2, 0.25) is 0 Å². The molecule has 1 N–H and O–H groups in total. The van der Waals surface area contributed by atoms with E-state index in [4.69, 9.17) is 0 Å². The van der Waals surface area contributed by atoms with Gasteiger partial charge in [0.25, 0.3) is 0 Å². The highest BCUT2D eigenvalue weighted by Crippen LogP contribution is 2.66. The molecule has 0 amide bonds. The smallest absolute Gasteiger partial charge is 0.0577 e. The third kappa shape index (κ3) is 4.72. The van der Waals surface area contributed by atoms with Gasteiger partial charge in [0.15, 0.2) is 0 Å². The van der Waals surface area contributed by atoms with Crippen LogP contribution in [0.25, 0.3) is 0 Å². The van der Waals surface area contributed by atoms with E-state index in [1.54, 1.807) is 5.57 Å². The second-order valence-corrected chi connectivity index (χ2v) is 12.4. The first-order valence-corrected chi connectivity index (χ1v) is 13.6. The number of fused-ring (bicyclic) bond motifs is 5. The molecule has 30 heavy (non-hydrogen) atoms. The number of rotatable bonds is 5. The molecule has 0 aromatic rings. The molecule has 0 aromatic heterocycles. The largest absolute Gasteiger partial charge is 0.393 e.